The lowest BCUT2D eigenvalue weighted by atomic mass is 10.0. The van der Waals surface area contributed by atoms with Crippen molar-refractivity contribution in [3.63, 3.8) is 0 Å². The molecule has 2 nitrogen and oxygen atoms in total. The van der Waals surface area contributed by atoms with Crippen LogP contribution in [-0.4, -0.2) is 12.6 Å². The molecule has 0 aliphatic rings. The Kier molecular flexibility index (Phi) is 28.2. The molecule has 0 radical (unpaired) electrons. The van der Waals surface area contributed by atoms with Crippen molar-refractivity contribution in [1.82, 2.24) is 0 Å². The van der Waals surface area contributed by atoms with Crippen LogP contribution in [0.15, 0.2) is 0 Å². The molecule has 0 aromatic heterocycles. The highest BCUT2D eigenvalue weighted by molar-refractivity contribution is 5.78. The van der Waals surface area contributed by atoms with Gasteiger partial charge >= 0.3 is 0 Å². The Morgan fingerprint density at radius 1 is 0.462 bits per heavy atom. The summed E-state index contributed by atoms with van der Waals surface area (Å²) < 4.78 is 0. The molecular weight excluding hydrogens is 320 g/mol. The lowest BCUT2D eigenvalue weighted by Gasteiger charge is -2.03. The summed E-state index contributed by atoms with van der Waals surface area (Å²) in [5.41, 5.74) is 0. The summed E-state index contributed by atoms with van der Waals surface area (Å²) in [4.78, 5) is 19.9. The lowest BCUT2D eigenvalue weighted by molar-refractivity contribution is -0.119. The predicted molar refractivity (Wildman–Crippen MR) is 116 cm³/mol. The molecule has 0 saturated carbocycles. The largest absolute Gasteiger partial charge is 0.307 e. The summed E-state index contributed by atoms with van der Waals surface area (Å²) >= 11 is 0. The third-order valence-corrected chi connectivity index (χ3v) is 5.12. The van der Waals surface area contributed by atoms with Crippen molar-refractivity contribution in [3.8, 4) is 0 Å². The van der Waals surface area contributed by atoms with Gasteiger partial charge in [-0.05, 0) is 12.8 Å². The van der Waals surface area contributed by atoms with Crippen LogP contribution in [0.3, 0.4) is 0 Å². The number of ketones is 1. The van der Waals surface area contributed by atoms with Gasteiger partial charge in [0.1, 0.15) is 12.6 Å². The van der Waals surface area contributed by atoms with Crippen molar-refractivity contribution < 1.29 is 9.59 Å². The van der Waals surface area contributed by atoms with E-state index in [9.17, 15) is 4.79 Å². The summed E-state index contributed by atoms with van der Waals surface area (Å²) in [6.07, 6.45) is 25.8. The zero-order valence-corrected chi connectivity index (χ0v) is 18.2. The van der Waals surface area contributed by atoms with Gasteiger partial charge in [-0.1, -0.05) is 117 Å². The van der Waals surface area contributed by atoms with Crippen molar-refractivity contribution >= 4 is 12.6 Å². The second-order valence-electron chi connectivity index (χ2n) is 7.70. The molecule has 0 spiro atoms. The molecule has 0 rings (SSSR count). The standard InChI is InChI=1S/C23H46O.CH2O/c1-3-5-7-9-11-13-15-17-19-21-23(24)22-20-18-16-14-12-10-8-6-4-2;1-2/h3-22H2,1-2H3;1H2. The highest BCUT2D eigenvalue weighted by Crippen LogP contribution is 2.13. The molecule has 0 aliphatic heterocycles. The van der Waals surface area contributed by atoms with Gasteiger partial charge in [0.2, 0.25) is 0 Å². The van der Waals surface area contributed by atoms with Gasteiger partial charge in [0.25, 0.3) is 0 Å². The van der Waals surface area contributed by atoms with Crippen molar-refractivity contribution in [1.29, 1.82) is 0 Å². The average Bonchev–Trinajstić information content (AvgIpc) is 2.67. The van der Waals surface area contributed by atoms with Gasteiger partial charge < -0.3 is 4.79 Å². The van der Waals surface area contributed by atoms with E-state index in [2.05, 4.69) is 13.8 Å². The third kappa shape index (κ3) is 25.6. The molecule has 26 heavy (non-hydrogen) atoms. The Labute approximate surface area is 164 Å². The van der Waals surface area contributed by atoms with Crippen LogP contribution in [0.2, 0.25) is 0 Å². The van der Waals surface area contributed by atoms with Crippen molar-refractivity contribution in [2.75, 3.05) is 0 Å². The topological polar surface area (TPSA) is 34.1 Å². The molecule has 0 bridgehead atoms. The first-order chi connectivity index (χ1) is 12.8. The fourth-order valence-electron chi connectivity index (χ4n) is 3.39. The van der Waals surface area contributed by atoms with Crippen molar-refractivity contribution in [2.24, 2.45) is 0 Å². The molecule has 0 aromatic rings. The first kappa shape index (κ1) is 27.6. The molecule has 0 saturated heterocycles. The van der Waals surface area contributed by atoms with E-state index in [1.54, 1.807) is 0 Å². The normalized spacial score (nSPS) is 10.4. The van der Waals surface area contributed by atoms with Gasteiger partial charge in [-0.2, -0.15) is 0 Å². The monoisotopic (exact) mass is 368 g/mol. The first-order valence-electron chi connectivity index (χ1n) is 11.6. The van der Waals surface area contributed by atoms with Crippen LogP contribution < -0.4 is 0 Å². The van der Waals surface area contributed by atoms with E-state index in [1.807, 2.05) is 6.79 Å². The number of hydrogen-bond acceptors (Lipinski definition) is 2. The maximum Gasteiger partial charge on any atom is 0.132 e. The zero-order valence-electron chi connectivity index (χ0n) is 18.2. The molecule has 0 heterocycles. The van der Waals surface area contributed by atoms with E-state index in [0.29, 0.717) is 5.78 Å². The Balaban J connectivity index is 0. The van der Waals surface area contributed by atoms with E-state index in [-0.39, 0.29) is 0 Å². The Bertz CT molecular complexity index is 239. The highest BCUT2D eigenvalue weighted by Gasteiger charge is 2.02. The maximum absolute atomic E-state index is 11.9. The summed E-state index contributed by atoms with van der Waals surface area (Å²) in [5, 5.41) is 0. The number of Topliss-reactive ketones (excluding diaryl/α,β-unsaturated/α-hetero) is 1. The molecular formula is C24H48O2. The van der Waals surface area contributed by atoms with Crippen LogP contribution in [0.5, 0.6) is 0 Å². The molecule has 0 unspecified atom stereocenters. The zero-order chi connectivity index (χ0) is 19.7. The van der Waals surface area contributed by atoms with Gasteiger partial charge in [-0.25, -0.2) is 0 Å². The Morgan fingerprint density at radius 2 is 0.692 bits per heavy atom. The molecule has 0 fully saturated rings. The molecule has 0 aromatic carbocycles. The van der Waals surface area contributed by atoms with Gasteiger partial charge in [-0.15, -0.1) is 0 Å². The quantitative estimate of drug-likeness (QED) is 0.203. The second-order valence-corrected chi connectivity index (χ2v) is 7.70. The van der Waals surface area contributed by atoms with Gasteiger partial charge in [-0.3, -0.25) is 4.79 Å². The molecule has 0 amide bonds. The van der Waals surface area contributed by atoms with Crippen LogP contribution in [0.25, 0.3) is 0 Å². The number of hydrogen-bond donors (Lipinski definition) is 0. The molecule has 156 valence electrons. The summed E-state index contributed by atoms with van der Waals surface area (Å²) in [6, 6.07) is 0. The summed E-state index contributed by atoms with van der Waals surface area (Å²) in [6.45, 7) is 6.54. The van der Waals surface area contributed by atoms with Gasteiger partial charge in [0.15, 0.2) is 0 Å². The summed E-state index contributed by atoms with van der Waals surface area (Å²) in [7, 11) is 0. The van der Waals surface area contributed by atoms with Crippen molar-refractivity contribution in [2.45, 2.75) is 142 Å². The predicted octanol–water partition coefficient (Wildman–Crippen LogP) is 8.21. The minimum Gasteiger partial charge on any atom is -0.307 e. The van der Waals surface area contributed by atoms with E-state index in [0.717, 1.165) is 25.7 Å². The minimum absolute atomic E-state index is 0.515. The van der Waals surface area contributed by atoms with E-state index in [1.165, 1.54) is 103 Å². The molecule has 2 heteroatoms. The van der Waals surface area contributed by atoms with E-state index < -0.39 is 0 Å². The van der Waals surface area contributed by atoms with Crippen LogP contribution in [0.1, 0.15) is 142 Å². The number of rotatable bonds is 20. The van der Waals surface area contributed by atoms with Crippen LogP contribution in [-0.2, 0) is 9.59 Å². The highest BCUT2D eigenvalue weighted by atomic mass is 16.1. The molecule has 0 atom stereocenters. The average molecular weight is 369 g/mol. The lowest BCUT2D eigenvalue weighted by Crippen LogP contribution is -1.97. The number of unbranched alkanes of at least 4 members (excludes halogenated alkanes) is 16. The van der Waals surface area contributed by atoms with Gasteiger partial charge in [0, 0.05) is 12.8 Å². The molecule has 0 aliphatic carbocycles. The fraction of sp³-hybridized carbons (Fsp3) is 0.917. The first-order valence-corrected chi connectivity index (χ1v) is 11.6. The van der Waals surface area contributed by atoms with Crippen LogP contribution >= 0.6 is 0 Å². The number of carbonyl (C=O) groups excluding carboxylic acids is 2. The number of carbonyl (C=O) groups is 2. The van der Waals surface area contributed by atoms with Crippen LogP contribution in [0, 0.1) is 0 Å². The SMILES string of the molecule is C=O.CCCCCCCCCCCC(=O)CCCCCCCCCCC. The summed E-state index contributed by atoms with van der Waals surface area (Å²) in [5.74, 6) is 0.515. The minimum atomic E-state index is 0.515. The second kappa shape index (κ2) is 26.6. The van der Waals surface area contributed by atoms with Crippen LogP contribution in [0.4, 0.5) is 0 Å². The molecule has 0 N–H and O–H groups in total. The van der Waals surface area contributed by atoms with E-state index >= 15 is 0 Å². The maximum atomic E-state index is 11.9. The van der Waals surface area contributed by atoms with Gasteiger partial charge in [0.05, 0.1) is 0 Å². The Morgan fingerprint density at radius 3 is 0.962 bits per heavy atom. The smallest absolute Gasteiger partial charge is 0.132 e. The van der Waals surface area contributed by atoms with E-state index in [4.69, 9.17) is 4.79 Å². The fourth-order valence-corrected chi connectivity index (χ4v) is 3.39. The Hall–Kier alpha value is -0.660. The van der Waals surface area contributed by atoms with Crippen molar-refractivity contribution in [3.05, 3.63) is 0 Å². The third-order valence-electron chi connectivity index (χ3n) is 5.12.